The Morgan fingerprint density at radius 1 is 1.37 bits per heavy atom. The largest absolute Gasteiger partial charge is 0.591 e. The van der Waals surface area contributed by atoms with Crippen molar-refractivity contribution in [3.05, 3.63) is 29.8 Å². The molecule has 106 valence electrons. The van der Waals surface area contributed by atoms with Crippen LogP contribution in [0.1, 0.15) is 26.3 Å². The van der Waals surface area contributed by atoms with E-state index in [0.717, 1.165) is 0 Å². The molecule has 6 heteroatoms. The second kappa shape index (κ2) is 6.72. The van der Waals surface area contributed by atoms with Crippen LogP contribution in [-0.2, 0) is 11.4 Å². The number of methoxy groups -OCH3 is 1. The summed E-state index contributed by atoms with van der Waals surface area (Å²) in [5.74, 6) is 0.671. The van der Waals surface area contributed by atoms with Crippen molar-refractivity contribution in [3.63, 3.8) is 0 Å². The van der Waals surface area contributed by atoms with E-state index in [4.69, 9.17) is 4.74 Å². The predicted octanol–water partition coefficient (Wildman–Crippen LogP) is 3.64. The Bertz CT molecular complexity index is 443. The number of hydrogen-bond acceptors (Lipinski definition) is 3. The Balaban J connectivity index is 3.10. The number of alkyl halides is 2. The third-order valence-electron chi connectivity index (χ3n) is 2.30. The van der Waals surface area contributed by atoms with Gasteiger partial charge in [-0.05, 0) is 61.0 Å². The molecule has 1 aromatic carbocycles. The molecule has 19 heavy (non-hydrogen) atoms. The van der Waals surface area contributed by atoms with Crippen LogP contribution in [0.3, 0.4) is 0 Å². The minimum atomic E-state index is -1.51. The summed E-state index contributed by atoms with van der Waals surface area (Å²) < 4.78 is 34.1. The lowest BCUT2D eigenvalue weighted by Gasteiger charge is -2.19. The molecular weight excluding hydrogens is 333 g/mol. The second-order valence-corrected chi connectivity index (χ2v) is 7.58. The zero-order valence-electron chi connectivity index (χ0n) is 11.3. The highest BCUT2D eigenvalue weighted by molar-refractivity contribution is 9.09. The highest BCUT2D eigenvalue weighted by Gasteiger charge is 2.29. The van der Waals surface area contributed by atoms with E-state index in [1.807, 2.05) is 0 Å². The highest BCUT2D eigenvalue weighted by atomic mass is 79.9. The van der Waals surface area contributed by atoms with Crippen molar-refractivity contribution in [3.8, 4) is 5.75 Å². The summed E-state index contributed by atoms with van der Waals surface area (Å²) in [4.78, 5) is 0. The van der Waals surface area contributed by atoms with Crippen molar-refractivity contribution >= 4 is 33.0 Å². The van der Waals surface area contributed by atoms with Crippen LogP contribution in [-0.4, -0.2) is 27.2 Å². The monoisotopic (exact) mass is 349 g/mol. The molecule has 0 saturated carbocycles. The van der Waals surface area contributed by atoms with Crippen molar-refractivity contribution in [1.82, 2.24) is 0 Å². The maximum absolute atomic E-state index is 13.6. The lowest BCUT2D eigenvalue weighted by molar-refractivity contribution is 0.415. The van der Waals surface area contributed by atoms with Crippen LogP contribution < -0.4 is 4.74 Å². The van der Waals surface area contributed by atoms with Gasteiger partial charge < -0.3 is 9.29 Å². The molecule has 0 N–H and O–H groups in total. The maximum Gasteiger partial charge on any atom is 0.201 e. The number of halogens is 2. The van der Waals surface area contributed by atoms with Crippen molar-refractivity contribution in [2.45, 2.75) is 30.6 Å². The van der Waals surface area contributed by atoms with Crippen molar-refractivity contribution < 1.29 is 13.7 Å². The van der Waals surface area contributed by atoms with Gasteiger partial charge in [-0.15, -0.1) is 0 Å². The van der Waals surface area contributed by atoms with Gasteiger partial charge in [0.05, 0.1) is 7.11 Å². The number of benzene rings is 1. The van der Waals surface area contributed by atoms with Gasteiger partial charge in [0.25, 0.3) is 0 Å². The smallest absolute Gasteiger partial charge is 0.201 e. The van der Waals surface area contributed by atoms with Gasteiger partial charge in [-0.3, -0.25) is 0 Å². The van der Waals surface area contributed by atoms with Crippen molar-refractivity contribution in [2.75, 3.05) is 7.11 Å². The topological polar surface area (TPSA) is 44.6 Å². The number of ether oxygens (including phenoxy) is 1. The van der Waals surface area contributed by atoms with Gasteiger partial charge in [0.15, 0.2) is 0 Å². The summed E-state index contributed by atoms with van der Waals surface area (Å²) in [7, 11) is 1.56. The van der Waals surface area contributed by atoms with E-state index in [0.29, 0.717) is 11.3 Å². The van der Waals surface area contributed by atoms with Gasteiger partial charge in [-0.2, -0.15) is 0 Å². The summed E-state index contributed by atoms with van der Waals surface area (Å²) in [6.07, 6.45) is 0. The zero-order chi connectivity index (χ0) is 14.6. The Morgan fingerprint density at radius 3 is 2.26 bits per heavy atom. The molecular formula is C13H17BrFNO2S. The summed E-state index contributed by atoms with van der Waals surface area (Å²) >= 11 is 1.34. The molecule has 0 aliphatic heterocycles. The molecule has 0 aromatic heterocycles. The molecule has 0 bridgehead atoms. The maximum atomic E-state index is 13.6. The normalized spacial score (nSPS) is 16.1. The van der Waals surface area contributed by atoms with E-state index in [2.05, 4.69) is 20.3 Å². The fraction of sp³-hybridized carbons (Fsp3) is 0.462. The molecule has 2 atom stereocenters. The van der Waals surface area contributed by atoms with E-state index < -0.39 is 21.2 Å². The fourth-order valence-corrected chi connectivity index (χ4v) is 2.36. The first-order chi connectivity index (χ1) is 8.75. The van der Waals surface area contributed by atoms with Gasteiger partial charge in [-0.25, -0.2) is 4.39 Å². The Labute approximate surface area is 124 Å². The first kappa shape index (κ1) is 16.5. The van der Waals surface area contributed by atoms with Gasteiger partial charge in [0.1, 0.15) is 27.6 Å². The van der Waals surface area contributed by atoms with Crippen molar-refractivity contribution in [2.24, 2.45) is 4.40 Å². The summed E-state index contributed by atoms with van der Waals surface area (Å²) in [6.45, 7) is 5.37. The Kier molecular flexibility index (Phi) is 5.82. The molecule has 0 aliphatic carbocycles. The van der Waals surface area contributed by atoms with E-state index >= 15 is 0 Å². The van der Waals surface area contributed by atoms with E-state index in [9.17, 15) is 8.94 Å². The lowest BCUT2D eigenvalue weighted by Crippen LogP contribution is -2.28. The second-order valence-electron chi connectivity index (χ2n) is 4.87. The standard InChI is InChI=1S/C13H17BrFNO2S/c1-13(2,3)19(17)16-11(12(14)15)9-5-7-10(18-4)8-6-9/h5-8,12H,1-4H3/t12-,19?/m1/s1. The minimum Gasteiger partial charge on any atom is -0.591 e. The van der Waals surface area contributed by atoms with E-state index in [-0.39, 0.29) is 5.71 Å². The molecule has 0 fully saturated rings. The number of rotatable bonds is 4. The summed E-state index contributed by atoms with van der Waals surface area (Å²) in [5.41, 5.74) is 0.693. The fourth-order valence-electron chi connectivity index (χ4n) is 1.21. The quantitative estimate of drug-likeness (QED) is 0.473. The minimum absolute atomic E-state index is 0.121. The molecule has 1 rings (SSSR count). The molecule has 0 amide bonds. The van der Waals surface area contributed by atoms with Gasteiger partial charge in [-0.1, -0.05) is 4.40 Å². The Hall–Kier alpha value is -0.590. The first-order valence-electron chi connectivity index (χ1n) is 5.69. The summed E-state index contributed by atoms with van der Waals surface area (Å²) in [6, 6.07) is 6.79. The van der Waals surface area contributed by atoms with Gasteiger partial charge in [0.2, 0.25) is 5.08 Å². The average molecular weight is 350 g/mol. The molecule has 0 radical (unpaired) electrons. The van der Waals surface area contributed by atoms with Crippen LogP contribution in [0.25, 0.3) is 0 Å². The van der Waals surface area contributed by atoms with E-state index in [1.54, 1.807) is 52.1 Å². The number of hydrogen-bond donors (Lipinski definition) is 0. The molecule has 0 aliphatic rings. The zero-order valence-corrected chi connectivity index (χ0v) is 13.7. The molecule has 0 spiro atoms. The van der Waals surface area contributed by atoms with Crippen LogP contribution in [0.2, 0.25) is 0 Å². The third-order valence-corrected chi connectivity index (χ3v) is 4.14. The lowest BCUT2D eigenvalue weighted by atomic mass is 10.1. The van der Waals surface area contributed by atoms with Gasteiger partial charge >= 0.3 is 0 Å². The molecule has 1 unspecified atom stereocenters. The van der Waals surface area contributed by atoms with E-state index in [1.165, 1.54) is 0 Å². The molecule has 3 nitrogen and oxygen atoms in total. The van der Waals surface area contributed by atoms with Crippen LogP contribution >= 0.6 is 15.9 Å². The average Bonchev–Trinajstić information content (AvgIpc) is 2.34. The highest BCUT2D eigenvalue weighted by Crippen LogP contribution is 2.22. The van der Waals surface area contributed by atoms with Gasteiger partial charge in [0, 0.05) is 5.56 Å². The van der Waals surface area contributed by atoms with Crippen LogP contribution in [0.4, 0.5) is 4.39 Å². The number of nitrogens with zero attached hydrogens (tertiary/aromatic N) is 1. The summed E-state index contributed by atoms with van der Waals surface area (Å²) in [5, 5.41) is -1.47. The third kappa shape index (κ3) is 4.78. The molecule has 0 heterocycles. The van der Waals surface area contributed by atoms with Crippen LogP contribution in [0.5, 0.6) is 5.75 Å². The van der Waals surface area contributed by atoms with Crippen molar-refractivity contribution in [1.29, 1.82) is 0 Å². The van der Waals surface area contributed by atoms with Crippen LogP contribution in [0.15, 0.2) is 28.7 Å². The Morgan fingerprint density at radius 2 is 1.89 bits per heavy atom. The van der Waals surface area contributed by atoms with Crippen LogP contribution in [0, 0.1) is 0 Å². The molecule has 1 aromatic rings. The SMILES string of the molecule is COc1ccc(C(=N[S+]([O-])C(C)(C)C)[C@@H](F)Br)cc1. The molecule has 0 saturated heterocycles. The predicted molar refractivity (Wildman–Crippen MR) is 81.2 cm³/mol. The first-order valence-corrected chi connectivity index (χ1v) is 7.71.